The third-order valence-corrected chi connectivity index (χ3v) is 6.21. The number of hydrogen-bond donors (Lipinski definition) is 2. The standard InChI is InChI=1S/C24H17ClN2O6S/c1-13-4-2-3-5-18(13)26-21(28)12-27-22(29)20(34-24(27)32)11-15-7-9-19(33-15)16-10-14(23(30)31)6-8-17(16)25/h2-11H,12H2,1H3,(H,26,28)(H,30,31). The SMILES string of the molecule is Cc1ccccc1NC(=O)CN1C(=O)SC(=Cc2ccc(-c3cc(C(=O)O)ccc3Cl)o2)C1=O. The Hall–Kier alpha value is -3.82. The number of hydrogen-bond acceptors (Lipinski definition) is 6. The largest absolute Gasteiger partial charge is 0.478 e. The van der Waals surface area contributed by atoms with E-state index in [0.29, 0.717) is 33.8 Å². The Morgan fingerprint density at radius 3 is 2.65 bits per heavy atom. The Kier molecular flexibility index (Phi) is 6.58. The van der Waals surface area contributed by atoms with Crippen LogP contribution in [0.1, 0.15) is 21.7 Å². The van der Waals surface area contributed by atoms with Crippen LogP contribution in [-0.2, 0) is 9.59 Å². The zero-order valence-electron chi connectivity index (χ0n) is 17.7. The van der Waals surface area contributed by atoms with Crippen molar-refractivity contribution in [2.24, 2.45) is 0 Å². The topological polar surface area (TPSA) is 117 Å². The van der Waals surface area contributed by atoms with Gasteiger partial charge in [0.25, 0.3) is 11.1 Å². The van der Waals surface area contributed by atoms with Crippen molar-refractivity contribution in [1.82, 2.24) is 4.90 Å². The van der Waals surface area contributed by atoms with Crippen LogP contribution in [0.4, 0.5) is 10.5 Å². The van der Waals surface area contributed by atoms with Gasteiger partial charge in [0, 0.05) is 17.3 Å². The van der Waals surface area contributed by atoms with Crippen LogP contribution in [-0.4, -0.2) is 39.6 Å². The third kappa shape index (κ3) is 4.90. The van der Waals surface area contributed by atoms with Crippen molar-refractivity contribution in [3.05, 3.63) is 81.4 Å². The van der Waals surface area contributed by atoms with E-state index in [2.05, 4.69) is 5.32 Å². The molecule has 34 heavy (non-hydrogen) atoms. The van der Waals surface area contributed by atoms with E-state index in [1.165, 1.54) is 24.3 Å². The van der Waals surface area contributed by atoms with E-state index in [1.54, 1.807) is 24.3 Å². The van der Waals surface area contributed by atoms with Crippen molar-refractivity contribution in [3.8, 4) is 11.3 Å². The number of imide groups is 1. The van der Waals surface area contributed by atoms with E-state index in [1.807, 2.05) is 19.1 Å². The average Bonchev–Trinajstić information content (AvgIpc) is 3.36. The molecule has 0 aliphatic carbocycles. The zero-order valence-corrected chi connectivity index (χ0v) is 19.3. The lowest BCUT2D eigenvalue weighted by Gasteiger charge is -2.13. The molecule has 2 aromatic carbocycles. The lowest BCUT2D eigenvalue weighted by molar-refractivity contribution is -0.127. The highest BCUT2D eigenvalue weighted by Crippen LogP contribution is 2.35. The Labute approximate surface area is 203 Å². The van der Waals surface area contributed by atoms with Crippen LogP contribution in [0.5, 0.6) is 0 Å². The van der Waals surface area contributed by atoms with Crippen LogP contribution in [0, 0.1) is 6.92 Å². The van der Waals surface area contributed by atoms with E-state index in [-0.39, 0.29) is 16.2 Å². The average molecular weight is 497 g/mol. The minimum Gasteiger partial charge on any atom is -0.478 e. The number of aryl methyl sites for hydroxylation is 1. The number of rotatable bonds is 6. The number of halogens is 1. The molecule has 0 bridgehead atoms. The summed E-state index contributed by atoms with van der Waals surface area (Å²) in [6.07, 6.45) is 1.39. The van der Waals surface area contributed by atoms with Gasteiger partial charge in [0.05, 0.1) is 15.5 Å². The van der Waals surface area contributed by atoms with Crippen molar-refractivity contribution in [2.75, 3.05) is 11.9 Å². The summed E-state index contributed by atoms with van der Waals surface area (Å²) in [7, 11) is 0. The molecular weight excluding hydrogens is 480 g/mol. The van der Waals surface area contributed by atoms with Gasteiger partial charge >= 0.3 is 5.97 Å². The van der Waals surface area contributed by atoms with E-state index in [4.69, 9.17) is 16.0 Å². The molecule has 0 saturated carbocycles. The molecule has 3 amide bonds. The molecule has 1 aromatic heterocycles. The minimum atomic E-state index is -1.11. The summed E-state index contributed by atoms with van der Waals surface area (Å²) in [5.41, 5.74) is 1.88. The van der Waals surface area contributed by atoms with Crippen molar-refractivity contribution in [1.29, 1.82) is 0 Å². The molecule has 10 heteroatoms. The van der Waals surface area contributed by atoms with Gasteiger partial charge in [0.1, 0.15) is 18.1 Å². The maximum Gasteiger partial charge on any atom is 0.335 e. The second-order valence-electron chi connectivity index (χ2n) is 7.33. The highest BCUT2D eigenvalue weighted by molar-refractivity contribution is 8.18. The second kappa shape index (κ2) is 9.58. The van der Waals surface area contributed by atoms with E-state index in [0.717, 1.165) is 10.5 Å². The number of benzene rings is 2. The zero-order chi connectivity index (χ0) is 24.4. The van der Waals surface area contributed by atoms with E-state index in [9.17, 15) is 24.3 Å². The number of para-hydroxylation sites is 1. The number of thioether (sulfide) groups is 1. The molecule has 0 spiro atoms. The molecule has 0 atom stereocenters. The molecule has 0 unspecified atom stereocenters. The summed E-state index contributed by atoms with van der Waals surface area (Å²) in [4.78, 5) is 49.7. The van der Waals surface area contributed by atoms with E-state index < -0.39 is 29.6 Å². The van der Waals surface area contributed by atoms with Crippen molar-refractivity contribution in [3.63, 3.8) is 0 Å². The summed E-state index contributed by atoms with van der Waals surface area (Å²) in [5.74, 6) is -1.65. The number of carboxylic acid groups (broad SMARTS) is 1. The van der Waals surface area contributed by atoms with Gasteiger partial charge < -0.3 is 14.8 Å². The molecule has 0 radical (unpaired) electrons. The monoisotopic (exact) mass is 496 g/mol. The fourth-order valence-corrected chi connectivity index (χ4v) is 4.26. The maximum absolute atomic E-state index is 12.7. The highest BCUT2D eigenvalue weighted by atomic mass is 35.5. The van der Waals surface area contributed by atoms with Gasteiger partial charge in [0.2, 0.25) is 5.91 Å². The Balaban J connectivity index is 1.49. The number of aromatic carboxylic acids is 1. The van der Waals surface area contributed by atoms with Crippen molar-refractivity contribution >= 4 is 58.1 Å². The second-order valence-corrected chi connectivity index (χ2v) is 8.73. The summed E-state index contributed by atoms with van der Waals surface area (Å²) >= 11 is 6.87. The van der Waals surface area contributed by atoms with Crippen LogP contribution in [0.3, 0.4) is 0 Å². The number of anilines is 1. The summed E-state index contributed by atoms with van der Waals surface area (Å²) in [6.45, 7) is 1.42. The van der Waals surface area contributed by atoms with Crippen LogP contribution < -0.4 is 5.32 Å². The van der Waals surface area contributed by atoms with Crippen molar-refractivity contribution < 1.29 is 28.7 Å². The van der Waals surface area contributed by atoms with Crippen LogP contribution in [0.2, 0.25) is 5.02 Å². The number of furan rings is 1. The first-order valence-corrected chi connectivity index (χ1v) is 11.2. The van der Waals surface area contributed by atoms with E-state index >= 15 is 0 Å². The molecule has 1 aliphatic heterocycles. The number of nitrogens with one attached hydrogen (secondary N) is 1. The lowest BCUT2D eigenvalue weighted by Crippen LogP contribution is -2.36. The predicted molar refractivity (Wildman–Crippen MR) is 129 cm³/mol. The van der Waals surface area contributed by atoms with Crippen LogP contribution >= 0.6 is 23.4 Å². The quantitative estimate of drug-likeness (QED) is 0.446. The van der Waals surface area contributed by atoms with Gasteiger partial charge in [-0.05, 0) is 60.6 Å². The third-order valence-electron chi connectivity index (χ3n) is 4.97. The van der Waals surface area contributed by atoms with Gasteiger partial charge in [-0.3, -0.25) is 19.3 Å². The summed E-state index contributed by atoms with van der Waals surface area (Å²) in [6, 6.07) is 14.5. The maximum atomic E-state index is 12.7. The smallest absolute Gasteiger partial charge is 0.335 e. The fourth-order valence-electron chi connectivity index (χ4n) is 3.23. The molecule has 2 N–H and O–H groups in total. The first-order valence-electron chi connectivity index (χ1n) is 9.97. The first kappa shape index (κ1) is 23.3. The lowest BCUT2D eigenvalue weighted by atomic mass is 10.1. The number of nitrogens with zero attached hydrogens (tertiary/aromatic N) is 1. The highest BCUT2D eigenvalue weighted by Gasteiger charge is 2.36. The number of carbonyl (C=O) groups is 4. The Morgan fingerprint density at radius 2 is 1.91 bits per heavy atom. The van der Waals surface area contributed by atoms with Gasteiger partial charge in [-0.25, -0.2) is 4.79 Å². The number of carboxylic acids is 1. The summed E-state index contributed by atoms with van der Waals surface area (Å²) < 4.78 is 5.71. The van der Waals surface area contributed by atoms with Gasteiger partial charge in [-0.2, -0.15) is 0 Å². The molecule has 4 rings (SSSR count). The van der Waals surface area contributed by atoms with Crippen LogP contribution in [0.25, 0.3) is 17.4 Å². The number of amides is 3. The molecule has 8 nitrogen and oxygen atoms in total. The molecule has 2 heterocycles. The normalized spacial score (nSPS) is 14.6. The number of carbonyl (C=O) groups excluding carboxylic acids is 3. The van der Waals surface area contributed by atoms with Gasteiger partial charge in [0.15, 0.2) is 0 Å². The first-order chi connectivity index (χ1) is 16.2. The molecule has 1 fully saturated rings. The summed E-state index contributed by atoms with van der Waals surface area (Å²) in [5, 5.41) is 11.6. The molecule has 1 aliphatic rings. The minimum absolute atomic E-state index is 0.0439. The van der Waals surface area contributed by atoms with Crippen LogP contribution in [0.15, 0.2) is 63.9 Å². The molecule has 172 valence electrons. The van der Waals surface area contributed by atoms with Gasteiger partial charge in [-0.1, -0.05) is 29.8 Å². The molecule has 1 saturated heterocycles. The Morgan fingerprint density at radius 1 is 1.15 bits per heavy atom. The Bertz CT molecular complexity index is 1360. The molecule has 3 aromatic rings. The van der Waals surface area contributed by atoms with Gasteiger partial charge in [-0.15, -0.1) is 0 Å². The fraction of sp³-hybridized carbons (Fsp3) is 0.0833. The molecular formula is C24H17ClN2O6S. The predicted octanol–water partition coefficient (Wildman–Crippen LogP) is 5.28. The van der Waals surface area contributed by atoms with Crippen molar-refractivity contribution in [2.45, 2.75) is 6.92 Å².